The van der Waals surface area contributed by atoms with Crippen LogP contribution in [-0.2, 0) is 4.79 Å². The highest BCUT2D eigenvalue weighted by atomic mass is 32.1. The Morgan fingerprint density at radius 2 is 2.44 bits per heavy atom. The lowest BCUT2D eigenvalue weighted by Gasteiger charge is -2.13. The smallest absolute Gasteiger partial charge is 0.243 e. The second-order valence-electron chi connectivity index (χ2n) is 4.14. The number of anilines is 1. The molecule has 1 saturated heterocycles. The van der Waals surface area contributed by atoms with Crippen LogP contribution >= 0.6 is 11.3 Å². The van der Waals surface area contributed by atoms with Crippen molar-refractivity contribution in [1.82, 2.24) is 10.3 Å². The molecule has 1 unspecified atom stereocenters. The molecule has 0 aromatic carbocycles. The summed E-state index contributed by atoms with van der Waals surface area (Å²) in [6.45, 7) is 2.87. The van der Waals surface area contributed by atoms with Crippen molar-refractivity contribution < 1.29 is 4.79 Å². The van der Waals surface area contributed by atoms with Gasteiger partial charge in [0.1, 0.15) is 0 Å². The highest BCUT2D eigenvalue weighted by Crippen LogP contribution is 2.16. The Labute approximate surface area is 99.5 Å². The van der Waals surface area contributed by atoms with Crippen LogP contribution in [0.2, 0.25) is 0 Å². The second-order valence-corrected chi connectivity index (χ2v) is 5.00. The predicted octanol–water partition coefficient (Wildman–Crippen LogP) is 1.92. The number of thiazole rings is 1. The van der Waals surface area contributed by atoms with Crippen LogP contribution in [0.5, 0.6) is 0 Å². The maximum Gasteiger partial charge on any atom is 0.243 e. The molecule has 88 valence electrons. The molecule has 0 radical (unpaired) electrons. The lowest BCUT2D eigenvalue weighted by Crippen LogP contribution is -2.39. The van der Waals surface area contributed by atoms with E-state index in [2.05, 4.69) is 15.6 Å². The molecule has 1 aromatic heterocycles. The molecule has 0 aliphatic carbocycles. The van der Waals surface area contributed by atoms with Gasteiger partial charge in [0.25, 0.3) is 0 Å². The number of carbonyl (C=O) groups excluding carboxylic acids is 1. The van der Waals surface area contributed by atoms with Crippen LogP contribution in [0, 0.1) is 6.92 Å². The van der Waals surface area contributed by atoms with Crippen molar-refractivity contribution in [3.63, 3.8) is 0 Å². The Morgan fingerprint density at radius 1 is 1.56 bits per heavy atom. The van der Waals surface area contributed by atoms with E-state index in [0.29, 0.717) is 5.13 Å². The van der Waals surface area contributed by atoms with Crippen molar-refractivity contribution in [2.24, 2.45) is 0 Å². The standard InChI is InChI=1S/C11H17N3OS/c1-8-7-16-11(13-8)14-10(15)9-5-3-2-4-6-12-9/h7,9,12H,2-6H2,1H3,(H,13,14,15). The van der Waals surface area contributed by atoms with Crippen LogP contribution in [-0.4, -0.2) is 23.5 Å². The zero-order valence-corrected chi connectivity index (χ0v) is 10.3. The molecular weight excluding hydrogens is 222 g/mol. The minimum absolute atomic E-state index is 0.0493. The van der Waals surface area contributed by atoms with E-state index in [4.69, 9.17) is 0 Å². The molecule has 0 saturated carbocycles. The zero-order chi connectivity index (χ0) is 11.4. The number of rotatable bonds is 2. The number of carbonyl (C=O) groups is 1. The first-order valence-electron chi connectivity index (χ1n) is 5.72. The molecule has 1 fully saturated rings. The molecule has 1 aromatic rings. The van der Waals surface area contributed by atoms with Crippen LogP contribution in [0.4, 0.5) is 5.13 Å². The molecule has 1 atom stereocenters. The van der Waals surface area contributed by atoms with Gasteiger partial charge in [-0.05, 0) is 26.3 Å². The minimum Gasteiger partial charge on any atom is -0.306 e. The van der Waals surface area contributed by atoms with Crippen LogP contribution in [0.15, 0.2) is 5.38 Å². The summed E-state index contributed by atoms with van der Waals surface area (Å²) in [6, 6.07) is -0.0493. The van der Waals surface area contributed by atoms with Crippen molar-refractivity contribution in [2.45, 2.75) is 38.6 Å². The van der Waals surface area contributed by atoms with Crippen molar-refractivity contribution in [3.05, 3.63) is 11.1 Å². The molecule has 2 rings (SSSR count). The fraction of sp³-hybridized carbons (Fsp3) is 0.636. The summed E-state index contributed by atoms with van der Waals surface area (Å²) in [5, 5.41) is 8.78. The normalized spacial score (nSPS) is 21.4. The molecule has 0 bridgehead atoms. The van der Waals surface area contributed by atoms with Crippen molar-refractivity contribution in [3.8, 4) is 0 Å². The van der Waals surface area contributed by atoms with E-state index in [9.17, 15) is 4.79 Å². The maximum absolute atomic E-state index is 11.9. The van der Waals surface area contributed by atoms with Gasteiger partial charge in [-0.2, -0.15) is 0 Å². The van der Waals surface area contributed by atoms with Gasteiger partial charge >= 0.3 is 0 Å². The maximum atomic E-state index is 11.9. The minimum atomic E-state index is -0.0493. The topological polar surface area (TPSA) is 54.0 Å². The predicted molar refractivity (Wildman–Crippen MR) is 65.7 cm³/mol. The quantitative estimate of drug-likeness (QED) is 0.829. The average Bonchev–Trinajstić information content (AvgIpc) is 2.56. The molecule has 2 N–H and O–H groups in total. The van der Waals surface area contributed by atoms with Crippen LogP contribution < -0.4 is 10.6 Å². The molecule has 0 spiro atoms. The number of nitrogens with one attached hydrogen (secondary N) is 2. The number of hydrogen-bond acceptors (Lipinski definition) is 4. The van der Waals surface area contributed by atoms with Gasteiger partial charge in [0.05, 0.1) is 11.7 Å². The van der Waals surface area contributed by atoms with E-state index in [1.54, 1.807) is 0 Å². The molecule has 1 aliphatic heterocycles. The lowest BCUT2D eigenvalue weighted by atomic mass is 10.1. The third-order valence-electron chi connectivity index (χ3n) is 2.73. The summed E-state index contributed by atoms with van der Waals surface area (Å²) in [5.41, 5.74) is 0.953. The fourth-order valence-electron chi connectivity index (χ4n) is 1.86. The molecule has 5 heteroatoms. The van der Waals surface area contributed by atoms with E-state index in [1.165, 1.54) is 24.2 Å². The SMILES string of the molecule is Cc1csc(NC(=O)C2CCCCCN2)n1. The zero-order valence-electron chi connectivity index (χ0n) is 9.45. The molecule has 2 heterocycles. The van der Waals surface area contributed by atoms with E-state index in [0.717, 1.165) is 25.1 Å². The summed E-state index contributed by atoms with van der Waals surface area (Å²) in [7, 11) is 0. The first kappa shape index (κ1) is 11.5. The summed E-state index contributed by atoms with van der Waals surface area (Å²) in [5.74, 6) is 0.0521. The lowest BCUT2D eigenvalue weighted by molar-refractivity contribution is -0.118. The van der Waals surface area contributed by atoms with Crippen LogP contribution in [0.1, 0.15) is 31.4 Å². The van der Waals surface area contributed by atoms with E-state index >= 15 is 0 Å². The number of aryl methyl sites for hydroxylation is 1. The summed E-state index contributed by atoms with van der Waals surface area (Å²) < 4.78 is 0. The van der Waals surface area contributed by atoms with Crippen molar-refractivity contribution >= 4 is 22.4 Å². The average molecular weight is 239 g/mol. The Bertz CT molecular complexity index is 356. The Hall–Kier alpha value is -0.940. The molecular formula is C11H17N3OS. The summed E-state index contributed by atoms with van der Waals surface area (Å²) in [4.78, 5) is 16.2. The second kappa shape index (κ2) is 5.41. The number of aromatic nitrogens is 1. The number of amides is 1. The van der Waals surface area contributed by atoms with Gasteiger partial charge in [-0.15, -0.1) is 11.3 Å². The number of nitrogens with zero attached hydrogens (tertiary/aromatic N) is 1. The van der Waals surface area contributed by atoms with Gasteiger partial charge in [-0.25, -0.2) is 4.98 Å². The summed E-state index contributed by atoms with van der Waals surface area (Å²) >= 11 is 1.48. The molecule has 16 heavy (non-hydrogen) atoms. The van der Waals surface area contributed by atoms with E-state index in [-0.39, 0.29) is 11.9 Å². The van der Waals surface area contributed by atoms with Crippen molar-refractivity contribution in [2.75, 3.05) is 11.9 Å². The third-order valence-corrected chi connectivity index (χ3v) is 3.60. The van der Waals surface area contributed by atoms with Gasteiger partial charge in [0.15, 0.2) is 5.13 Å². The number of hydrogen-bond donors (Lipinski definition) is 2. The molecule has 1 amide bonds. The molecule has 1 aliphatic rings. The van der Waals surface area contributed by atoms with E-state index < -0.39 is 0 Å². The monoisotopic (exact) mass is 239 g/mol. The van der Waals surface area contributed by atoms with Gasteiger partial charge < -0.3 is 10.6 Å². The van der Waals surface area contributed by atoms with Crippen molar-refractivity contribution in [1.29, 1.82) is 0 Å². The van der Waals surface area contributed by atoms with Crippen LogP contribution in [0.3, 0.4) is 0 Å². The highest BCUT2D eigenvalue weighted by Gasteiger charge is 2.20. The van der Waals surface area contributed by atoms with Crippen LogP contribution in [0.25, 0.3) is 0 Å². The highest BCUT2D eigenvalue weighted by molar-refractivity contribution is 7.13. The third kappa shape index (κ3) is 3.02. The Morgan fingerprint density at radius 3 is 3.19 bits per heavy atom. The van der Waals surface area contributed by atoms with Gasteiger partial charge in [0, 0.05) is 5.38 Å². The largest absolute Gasteiger partial charge is 0.306 e. The van der Waals surface area contributed by atoms with Gasteiger partial charge in [-0.1, -0.05) is 12.8 Å². The fourth-order valence-corrected chi connectivity index (χ4v) is 2.55. The first-order chi connectivity index (χ1) is 7.75. The molecule has 4 nitrogen and oxygen atoms in total. The first-order valence-corrected chi connectivity index (χ1v) is 6.60. The van der Waals surface area contributed by atoms with Gasteiger partial charge in [0.2, 0.25) is 5.91 Å². The Balaban J connectivity index is 1.91. The summed E-state index contributed by atoms with van der Waals surface area (Å²) in [6.07, 6.45) is 4.44. The van der Waals surface area contributed by atoms with Gasteiger partial charge in [-0.3, -0.25) is 4.79 Å². The Kier molecular flexibility index (Phi) is 3.90. The van der Waals surface area contributed by atoms with E-state index in [1.807, 2.05) is 12.3 Å².